The third-order valence-corrected chi connectivity index (χ3v) is 3.58. The molecule has 1 aromatic heterocycles. The summed E-state index contributed by atoms with van der Waals surface area (Å²) in [5.74, 6) is 1.55. The number of rotatable bonds is 5. The van der Waals surface area contributed by atoms with Crippen LogP contribution in [0.15, 0.2) is 33.2 Å². The summed E-state index contributed by atoms with van der Waals surface area (Å²) in [6.07, 6.45) is 1.13. The van der Waals surface area contributed by atoms with Crippen LogP contribution in [0, 0.1) is 5.92 Å². The molecule has 2 rings (SSSR count). The minimum absolute atomic E-state index is 0.288. The lowest BCUT2D eigenvalue weighted by molar-refractivity contribution is 0.351. The van der Waals surface area contributed by atoms with E-state index in [1.807, 2.05) is 12.1 Å². The number of hydrogen-bond donors (Lipinski definition) is 1. The third-order valence-electron chi connectivity index (χ3n) is 3.08. The number of halogens is 1. The largest absolute Gasteiger partial charge is 0.459 e. The zero-order chi connectivity index (χ0) is 13.1. The van der Waals surface area contributed by atoms with Crippen LogP contribution in [-0.4, -0.2) is 6.54 Å². The Morgan fingerprint density at radius 2 is 2.06 bits per heavy atom. The second kappa shape index (κ2) is 5.89. The normalized spacial score (nSPS) is 13.4. The van der Waals surface area contributed by atoms with Crippen LogP contribution >= 0.6 is 15.9 Å². The summed E-state index contributed by atoms with van der Waals surface area (Å²) in [6, 6.07) is 8.56. The lowest BCUT2D eigenvalue weighted by atomic mass is 10.0. The van der Waals surface area contributed by atoms with Gasteiger partial charge < -0.3 is 9.73 Å². The molecule has 0 aliphatic heterocycles. The fourth-order valence-corrected chi connectivity index (χ4v) is 2.53. The molecule has 98 valence electrons. The highest BCUT2D eigenvalue weighted by atomic mass is 79.9. The Bertz CT molecular complexity index is 518. The van der Waals surface area contributed by atoms with E-state index in [0.29, 0.717) is 5.92 Å². The fourth-order valence-electron chi connectivity index (χ4n) is 2.15. The summed E-state index contributed by atoms with van der Waals surface area (Å²) in [6.45, 7) is 7.64. The zero-order valence-electron chi connectivity index (χ0n) is 11.2. The van der Waals surface area contributed by atoms with E-state index in [9.17, 15) is 0 Å². The van der Waals surface area contributed by atoms with Crippen molar-refractivity contribution in [2.24, 2.45) is 5.92 Å². The Hall–Kier alpha value is -0.800. The van der Waals surface area contributed by atoms with Crippen LogP contribution in [0.2, 0.25) is 0 Å². The number of benzene rings is 1. The molecule has 1 unspecified atom stereocenters. The van der Waals surface area contributed by atoms with Gasteiger partial charge in [-0.25, -0.2) is 0 Å². The number of hydrogen-bond acceptors (Lipinski definition) is 2. The van der Waals surface area contributed by atoms with Crippen molar-refractivity contribution in [1.82, 2.24) is 5.32 Å². The maximum Gasteiger partial charge on any atom is 0.134 e. The van der Waals surface area contributed by atoms with Gasteiger partial charge in [0, 0.05) is 9.86 Å². The lowest BCUT2D eigenvalue weighted by Crippen LogP contribution is -2.25. The van der Waals surface area contributed by atoms with Crippen LogP contribution in [0.4, 0.5) is 0 Å². The smallest absolute Gasteiger partial charge is 0.134 e. The molecule has 0 amide bonds. The molecule has 0 spiro atoms. The van der Waals surface area contributed by atoms with E-state index in [1.165, 1.54) is 0 Å². The standard InChI is InChI=1S/C15H20BrNO/c1-4-7-17-15(10(2)3)14-9-11-8-12(16)5-6-13(11)18-14/h5-6,8-10,15,17H,4,7H2,1-3H3. The highest BCUT2D eigenvalue weighted by Gasteiger charge is 2.19. The lowest BCUT2D eigenvalue weighted by Gasteiger charge is -2.19. The molecule has 0 saturated carbocycles. The Balaban J connectivity index is 2.32. The second-order valence-electron chi connectivity index (χ2n) is 5.01. The van der Waals surface area contributed by atoms with Gasteiger partial charge in [0.2, 0.25) is 0 Å². The van der Waals surface area contributed by atoms with Crippen molar-refractivity contribution in [2.75, 3.05) is 6.54 Å². The van der Waals surface area contributed by atoms with Crippen LogP contribution < -0.4 is 5.32 Å². The van der Waals surface area contributed by atoms with Gasteiger partial charge in [-0.2, -0.15) is 0 Å². The molecule has 0 aliphatic carbocycles. The third kappa shape index (κ3) is 2.96. The molecule has 0 radical (unpaired) electrons. The summed E-state index contributed by atoms with van der Waals surface area (Å²) in [5, 5.41) is 4.71. The van der Waals surface area contributed by atoms with E-state index in [4.69, 9.17) is 4.42 Å². The van der Waals surface area contributed by atoms with E-state index in [1.54, 1.807) is 0 Å². The second-order valence-corrected chi connectivity index (χ2v) is 5.92. The van der Waals surface area contributed by atoms with E-state index >= 15 is 0 Å². The topological polar surface area (TPSA) is 25.2 Å². The Kier molecular flexibility index (Phi) is 4.46. The molecule has 2 aromatic rings. The van der Waals surface area contributed by atoms with Gasteiger partial charge in [-0.1, -0.05) is 36.7 Å². The maximum atomic E-state index is 5.96. The van der Waals surface area contributed by atoms with Gasteiger partial charge in [-0.05, 0) is 43.1 Å². The molecule has 1 aromatic carbocycles. The molecular weight excluding hydrogens is 290 g/mol. The predicted octanol–water partition coefficient (Wildman–Crippen LogP) is 4.89. The van der Waals surface area contributed by atoms with E-state index in [0.717, 1.165) is 34.2 Å². The van der Waals surface area contributed by atoms with Gasteiger partial charge in [-0.15, -0.1) is 0 Å². The van der Waals surface area contributed by atoms with Gasteiger partial charge in [0.25, 0.3) is 0 Å². The first kappa shape index (κ1) is 13.6. The first-order valence-electron chi connectivity index (χ1n) is 6.54. The van der Waals surface area contributed by atoms with Crippen LogP contribution in [0.5, 0.6) is 0 Å². The molecule has 1 atom stereocenters. The fraction of sp³-hybridized carbons (Fsp3) is 0.467. The predicted molar refractivity (Wildman–Crippen MR) is 79.8 cm³/mol. The molecule has 2 nitrogen and oxygen atoms in total. The number of furan rings is 1. The molecule has 18 heavy (non-hydrogen) atoms. The summed E-state index contributed by atoms with van der Waals surface area (Å²) >= 11 is 3.49. The highest BCUT2D eigenvalue weighted by molar-refractivity contribution is 9.10. The maximum absolute atomic E-state index is 5.96. The van der Waals surface area contributed by atoms with Gasteiger partial charge in [-0.3, -0.25) is 0 Å². The van der Waals surface area contributed by atoms with Crippen molar-refractivity contribution >= 4 is 26.9 Å². The van der Waals surface area contributed by atoms with Crippen LogP contribution in [0.3, 0.4) is 0 Å². The van der Waals surface area contributed by atoms with Crippen molar-refractivity contribution in [1.29, 1.82) is 0 Å². The Morgan fingerprint density at radius 1 is 1.28 bits per heavy atom. The molecular formula is C15H20BrNO. The van der Waals surface area contributed by atoms with Crippen molar-refractivity contribution in [2.45, 2.75) is 33.2 Å². The average molecular weight is 310 g/mol. The molecule has 0 bridgehead atoms. The van der Waals surface area contributed by atoms with Crippen molar-refractivity contribution in [3.63, 3.8) is 0 Å². The van der Waals surface area contributed by atoms with Gasteiger partial charge in [0.05, 0.1) is 6.04 Å². The first-order valence-corrected chi connectivity index (χ1v) is 7.33. The van der Waals surface area contributed by atoms with E-state index in [2.05, 4.69) is 54.2 Å². The SMILES string of the molecule is CCCNC(c1cc2cc(Br)ccc2o1)C(C)C. The average Bonchev–Trinajstić information content (AvgIpc) is 2.71. The van der Waals surface area contributed by atoms with E-state index in [-0.39, 0.29) is 6.04 Å². The van der Waals surface area contributed by atoms with Crippen LogP contribution in [0.1, 0.15) is 39.0 Å². The van der Waals surface area contributed by atoms with Crippen LogP contribution in [0.25, 0.3) is 11.0 Å². The Labute approximate surface area is 117 Å². The summed E-state index contributed by atoms with van der Waals surface area (Å²) in [5.41, 5.74) is 0.956. The molecule has 0 saturated heterocycles. The molecule has 0 fully saturated rings. The van der Waals surface area contributed by atoms with Gasteiger partial charge in [0.15, 0.2) is 0 Å². The minimum atomic E-state index is 0.288. The quantitative estimate of drug-likeness (QED) is 0.850. The molecule has 0 aliphatic rings. The summed E-state index contributed by atoms with van der Waals surface area (Å²) < 4.78 is 7.05. The van der Waals surface area contributed by atoms with Crippen LogP contribution in [-0.2, 0) is 0 Å². The van der Waals surface area contributed by atoms with E-state index < -0.39 is 0 Å². The molecule has 1 N–H and O–H groups in total. The van der Waals surface area contributed by atoms with Gasteiger partial charge in [0.1, 0.15) is 11.3 Å². The zero-order valence-corrected chi connectivity index (χ0v) is 12.8. The van der Waals surface area contributed by atoms with Crippen molar-refractivity contribution in [3.05, 3.63) is 34.5 Å². The number of fused-ring (bicyclic) bond motifs is 1. The highest BCUT2D eigenvalue weighted by Crippen LogP contribution is 2.29. The van der Waals surface area contributed by atoms with Gasteiger partial charge >= 0.3 is 0 Å². The monoisotopic (exact) mass is 309 g/mol. The Morgan fingerprint density at radius 3 is 2.72 bits per heavy atom. The molecule has 1 heterocycles. The first-order chi connectivity index (χ1) is 8.61. The molecule has 3 heteroatoms. The van der Waals surface area contributed by atoms with Crippen molar-refractivity contribution < 1.29 is 4.42 Å². The minimum Gasteiger partial charge on any atom is -0.459 e. The summed E-state index contributed by atoms with van der Waals surface area (Å²) in [4.78, 5) is 0. The summed E-state index contributed by atoms with van der Waals surface area (Å²) in [7, 11) is 0. The number of nitrogens with one attached hydrogen (secondary N) is 1. The van der Waals surface area contributed by atoms with Crippen molar-refractivity contribution in [3.8, 4) is 0 Å².